The first kappa shape index (κ1) is 23.6. The van der Waals surface area contributed by atoms with Crippen LogP contribution in [0.15, 0.2) is 71.6 Å². The molecule has 0 aromatic heterocycles. The third-order valence-electron chi connectivity index (χ3n) is 5.84. The topological polar surface area (TPSA) is 78.9 Å². The number of benzene rings is 3. The van der Waals surface area contributed by atoms with E-state index < -0.39 is 10.0 Å². The van der Waals surface area contributed by atoms with E-state index in [9.17, 15) is 17.6 Å². The normalized spacial score (nSPS) is 14.1. The van der Waals surface area contributed by atoms with Crippen molar-refractivity contribution < 1.29 is 22.3 Å². The van der Waals surface area contributed by atoms with Gasteiger partial charge in [0.25, 0.3) is 15.9 Å². The largest absolute Gasteiger partial charge is 0.495 e. The molecule has 1 fully saturated rings. The highest BCUT2D eigenvalue weighted by molar-refractivity contribution is 7.92. The maximum absolute atomic E-state index is 14.1. The summed E-state index contributed by atoms with van der Waals surface area (Å²) in [7, 11) is -2.50. The number of para-hydroxylation sites is 3. The van der Waals surface area contributed by atoms with Crippen LogP contribution in [0.5, 0.6) is 5.75 Å². The van der Waals surface area contributed by atoms with E-state index in [4.69, 9.17) is 4.74 Å². The Morgan fingerprint density at radius 2 is 1.65 bits per heavy atom. The van der Waals surface area contributed by atoms with Gasteiger partial charge < -0.3 is 14.5 Å². The second-order valence-corrected chi connectivity index (χ2v) is 9.67. The van der Waals surface area contributed by atoms with Gasteiger partial charge in [-0.1, -0.05) is 30.3 Å². The van der Waals surface area contributed by atoms with Gasteiger partial charge in [0.1, 0.15) is 11.6 Å². The molecule has 1 heterocycles. The molecule has 0 saturated carbocycles. The van der Waals surface area contributed by atoms with Crippen molar-refractivity contribution in [1.29, 1.82) is 0 Å². The molecule has 0 radical (unpaired) electrons. The highest BCUT2D eigenvalue weighted by Gasteiger charge is 2.26. The first-order valence-corrected chi connectivity index (χ1v) is 12.3. The van der Waals surface area contributed by atoms with E-state index in [0.29, 0.717) is 48.9 Å². The minimum Gasteiger partial charge on any atom is -0.495 e. The number of piperazine rings is 1. The molecular weight excluding hydrogens is 457 g/mol. The molecule has 178 valence electrons. The first-order chi connectivity index (χ1) is 16.3. The third kappa shape index (κ3) is 4.84. The van der Waals surface area contributed by atoms with Crippen molar-refractivity contribution in [2.45, 2.75) is 11.8 Å². The zero-order chi connectivity index (χ0) is 24.3. The van der Waals surface area contributed by atoms with Crippen LogP contribution in [0.4, 0.5) is 15.8 Å². The van der Waals surface area contributed by atoms with E-state index in [1.165, 1.54) is 19.2 Å². The number of anilines is 2. The molecule has 34 heavy (non-hydrogen) atoms. The Balaban J connectivity index is 1.52. The maximum Gasteiger partial charge on any atom is 0.262 e. The summed E-state index contributed by atoms with van der Waals surface area (Å²) in [6.07, 6.45) is 0. The van der Waals surface area contributed by atoms with Crippen molar-refractivity contribution >= 4 is 27.3 Å². The van der Waals surface area contributed by atoms with Crippen molar-refractivity contribution in [3.8, 4) is 5.75 Å². The monoisotopic (exact) mass is 483 g/mol. The molecule has 0 spiro atoms. The SMILES string of the molecule is COc1ccccc1NS(=O)(=O)c1cc(C(=O)N2CCN(c3ccccc3F)CC2)ccc1C. The van der Waals surface area contributed by atoms with Gasteiger partial charge in [0.15, 0.2) is 0 Å². The number of methoxy groups -OCH3 is 1. The summed E-state index contributed by atoms with van der Waals surface area (Å²) in [4.78, 5) is 16.7. The van der Waals surface area contributed by atoms with Crippen molar-refractivity contribution in [3.05, 3.63) is 83.7 Å². The van der Waals surface area contributed by atoms with Gasteiger partial charge in [-0.2, -0.15) is 0 Å². The predicted octanol–water partition coefficient (Wildman–Crippen LogP) is 3.91. The molecule has 1 aliphatic heterocycles. The van der Waals surface area contributed by atoms with Crippen LogP contribution in [0, 0.1) is 12.7 Å². The van der Waals surface area contributed by atoms with Crippen molar-refractivity contribution in [3.63, 3.8) is 0 Å². The number of hydrogen-bond donors (Lipinski definition) is 1. The van der Waals surface area contributed by atoms with Gasteiger partial charge in [0.2, 0.25) is 0 Å². The Bertz CT molecular complexity index is 1310. The van der Waals surface area contributed by atoms with Crippen molar-refractivity contribution in [2.24, 2.45) is 0 Å². The third-order valence-corrected chi connectivity index (χ3v) is 7.34. The summed E-state index contributed by atoms with van der Waals surface area (Å²) in [5.41, 5.74) is 1.62. The quantitative estimate of drug-likeness (QED) is 0.575. The molecule has 1 amide bonds. The number of carbonyl (C=O) groups is 1. The number of rotatable bonds is 6. The number of halogens is 1. The lowest BCUT2D eigenvalue weighted by Crippen LogP contribution is -2.49. The van der Waals surface area contributed by atoms with Gasteiger partial charge in [0.05, 0.1) is 23.4 Å². The fraction of sp³-hybridized carbons (Fsp3) is 0.240. The number of nitrogens with one attached hydrogen (secondary N) is 1. The average Bonchev–Trinajstić information content (AvgIpc) is 2.84. The van der Waals surface area contributed by atoms with Gasteiger partial charge in [0, 0.05) is 31.7 Å². The molecule has 1 N–H and O–H groups in total. The van der Waals surface area contributed by atoms with Gasteiger partial charge >= 0.3 is 0 Å². The van der Waals surface area contributed by atoms with Crippen molar-refractivity contribution in [2.75, 3.05) is 42.9 Å². The van der Waals surface area contributed by atoms with Gasteiger partial charge in [-0.25, -0.2) is 12.8 Å². The first-order valence-electron chi connectivity index (χ1n) is 10.9. The van der Waals surface area contributed by atoms with Crippen LogP contribution in [0.2, 0.25) is 0 Å². The minimum absolute atomic E-state index is 0.0225. The Labute approximate surface area is 198 Å². The Morgan fingerprint density at radius 3 is 2.35 bits per heavy atom. The highest BCUT2D eigenvalue weighted by Crippen LogP contribution is 2.28. The summed E-state index contributed by atoms with van der Waals surface area (Å²) >= 11 is 0. The number of carbonyl (C=O) groups excluding carboxylic acids is 1. The lowest BCUT2D eigenvalue weighted by Gasteiger charge is -2.36. The standard InChI is InChI=1S/C25H26FN3O4S/c1-18-11-12-19(17-24(18)34(31,32)27-21-8-4-6-10-23(21)33-2)25(30)29-15-13-28(14-16-29)22-9-5-3-7-20(22)26/h3-12,17,27H,13-16H2,1-2H3. The lowest BCUT2D eigenvalue weighted by molar-refractivity contribution is 0.0746. The van der Waals surface area contributed by atoms with Gasteiger partial charge in [-0.05, 0) is 48.9 Å². The van der Waals surface area contributed by atoms with Crippen LogP contribution in [0.25, 0.3) is 0 Å². The smallest absolute Gasteiger partial charge is 0.262 e. The fourth-order valence-corrected chi connectivity index (χ4v) is 5.33. The van der Waals surface area contributed by atoms with Crippen LogP contribution in [-0.4, -0.2) is 52.5 Å². The van der Waals surface area contributed by atoms with Gasteiger partial charge in [-0.15, -0.1) is 0 Å². The zero-order valence-corrected chi connectivity index (χ0v) is 19.8. The van der Waals surface area contributed by atoms with Crippen LogP contribution in [0.3, 0.4) is 0 Å². The molecule has 7 nitrogen and oxygen atoms in total. The minimum atomic E-state index is -3.96. The Morgan fingerprint density at radius 1 is 0.971 bits per heavy atom. The van der Waals surface area contributed by atoms with E-state index in [-0.39, 0.29) is 22.2 Å². The Kier molecular flexibility index (Phi) is 6.74. The van der Waals surface area contributed by atoms with Crippen LogP contribution < -0.4 is 14.4 Å². The van der Waals surface area contributed by atoms with Gasteiger partial charge in [-0.3, -0.25) is 9.52 Å². The van der Waals surface area contributed by atoms with E-state index in [1.807, 2.05) is 4.90 Å². The summed E-state index contributed by atoms with van der Waals surface area (Å²) in [6, 6.07) is 17.9. The van der Waals surface area contributed by atoms with Crippen LogP contribution in [-0.2, 0) is 10.0 Å². The Hall–Kier alpha value is -3.59. The molecule has 1 aliphatic rings. The highest BCUT2D eigenvalue weighted by atomic mass is 32.2. The molecule has 0 aliphatic carbocycles. The number of hydrogen-bond acceptors (Lipinski definition) is 5. The fourth-order valence-electron chi connectivity index (χ4n) is 3.99. The number of aryl methyl sites for hydroxylation is 1. The van der Waals surface area contributed by atoms with Crippen LogP contribution in [0.1, 0.15) is 15.9 Å². The second-order valence-electron chi connectivity index (χ2n) is 8.02. The molecule has 3 aromatic rings. The molecule has 4 rings (SSSR count). The molecule has 3 aromatic carbocycles. The summed E-state index contributed by atoms with van der Waals surface area (Å²) in [5.74, 6) is -0.163. The molecular formula is C25H26FN3O4S. The number of ether oxygens (including phenoxy) is 1. The number of amides is 1. The van der Waals surface area contributed by atoms with E-state index in [2.05, 4.69) is 4.72 Å². The van der Waals surface area contributed by atoms with E-state index >= 15 is 0 Å². The zero-order valence-electron chi connectivity index (χ0n) is 19.0. The molecule has 0 unspecified atom stereocenters. The maximum atomic E-state index is 14.1. The predicted molar refractivity (Wildman–Crippen MR) is 129 cm³/mol. The summed E-state index contributed by atoms with van der Waals surface area (Å²) < 4.78 is 48.2. The average molecular weight is 484 g/mol. The molecule has 9 heteroatoms. The molecule has 0 bridgehead atoms. The van der Waals surface area contributed by atoms with Crippen molar-refractivity contribution in [1.82, 2.24) is 4.90 Å². The van der Waals surface area contributed by atoms with Crippen LogP contribution >= 0.6 is 0 Å². The number of nitrogens with zero attached hydrogens (tertiary/aromatic N) is 2. The summed E-state index contributed by atoms with van der Waals surface area (Å²) in [5, 5.41) is 0. The van der Waals surface area contributed by atoms with E-state index in [1.54, 1.807) is 66.4 Å². The summed E-state index contributed by atoms with van der Waals surface area (Å²) in [6.45, 7) is 3.46. The molecule has 0 atom stereocenters. The lowest BCUT2D eigenvalue weighted by atomic mass is 10.1. The molecule has 1 saturated heterocycles. The second kappa shape index (κ2) is 9.72. The number of sulfonamides is 1. The van der Waals surface area contributed by atoms with E-state index in [0.717, 1.165) is 0 Å².